The molecule has 0 amide bonds. The Hall–Kier alpha value is -4.55. The summed E-state index contributed by atoms with van der Waals surface area (Å²) in [5, 5.41) is 5.53. The molecular formula is C29H18ClFN4O. The molecule has 0 aliphatic heterocycles. The molecule has 6 rings (SSSR count). The first-order chi connectivity index (χ1) is 17.6. The molecule has 0 bridgehead atoms. The lowest BCUT2D eigenvalue weighted by atomic mass is 10.0. The van der Waals surface area contributed by atoms with Gasteiger partial charge in [-0.05, 0) is 48.0 Å². The number of halogens is 2. The van der Waals surface area contributed by atoms with Crippen LogP contribution in [0, 0.1) is 5.82 Å². The summed E-state index contributed by atoms with van der Waals surface area (Å²) in [5.74, 6) is 0.127. The summed E-state index contributed by atoms with van der Waals surface area (Å²) in [6.45, 7) is 0. The standard InChI is InChI=1S/C29H18ClFN4O/c30-21-14-16-23(17-15-21)35-28(20-12-10-19(11-13-20)24-8-4-5-9-26(24)31)32-27-25(29(35)36)18-34(33-27)22-6-2-1-3-7-22/h1-18H. The molecule has 0 fully saturated rings. The molecule has 0 saturated carbocycles. The molecule has 4 aromatic carbocycles. The maximum absolute atomic E-state index is 14.3. The van der Waals surface area contributed by atoms with Gasteiger partial charge in [0.2, 0.25) is 0 Å². The summed E-state index contributed by atoms with van der Waals surface area (Å²) >= 11 is 6.10. The van der Waals surface area contributed by atoms with Crippen molar-refractivity contribution in [3.8, 4) is 33.9 Å². The molecule has 0 unspecified atom stereocenters. The van der Waals surface area contributed by atoms with E-state index >= 15 is 0 Å². The van der Waals surface area contributed by atoms with Crippen molar-refractivity contribution >= 4 is 22.6 Å². The average Bonchev–Trinajstić information content (AvgIpc) is 3.35. The van der Waals surface area contributed by atoms with Gasteiger partial charge in [0, 0.05) is 22.3 Å². The molecule has 36 heavy (non-hydrogen) atoms. The van der Waals surface area contributed by atoms with E-state index in [4.69, 9.17) is 16.6 Å². The van der Waals surface area contributed by atoms with Crippen molar-refractivity contribution in [2.24, 2.45) is 0 Å². The molecule has 0 saturated heterocycles. The average molecular weight is 493 g/mol. The molecule has 174 valence electrons. The van der Waals surface area contributed by atoms with Crippen LogP contribution in [-0.2, 0) is 0 Å². The fourth-order valence-corrected chi connectivity index (χ4v) is 4.32. The van der Waals surface area contributed by atoms with E-state index in [2.05, 4.69) is 5.10 Å². The van der Waals surface area contributed by atoms with Crippen LogP contribution in [0.1, 0.15) is 0 Å². The molecule has 5 nitrogen and oxygen atoms in total. The van der Waals surface area contributed by atoms with Gasteiger partial charge in [-0.15, -0.1) is 5.10 Å². The number of para-hydroxylation sites is 1. The Labute approximate surface area is 210 Å². The summed E-state index contributed by atoms with van der Waals surface area (Å²) in [4.78, 5) is 18.6. The van der Waals surface area contributed by atoms with Gasteiger partial charge in [0.05, 0.1) is 11.4 Å². The highest BCUT2D eigenvalue weighted by Crippen LogP contribution is 2.28. The molecule has 0 spiro atoms. The van der Waals surface area contributed by atoms with Crippen LogP contribution >= 0.6 is 11.6 Å². The molecule has 0 N–H and O–H groups in total. The topological polar surface area (TPSA) is 52.7 Å². The van der Waals surface area contributed by atoms with Crippen LogP contribution in [-0.4, -0.2) is 19.3 Å². The van der Waals surface area contributed by atoms with Crippen molar-refractivity contribution in [3.05, 3.63) is 131 Å². The lowest BCUT2D eigenvalue weighted by Crippen LogP contribution is -2.21. The Morgan fingerprint density at radius 2 is 1.39 bits per heavy atom. The highest BCUT2D eigenvalue weighted by atomic mass is 35.5. The first-order valence-corrected chi connectivity index (χ1v) is 11.7. The Bertz CT molecular complexity index is 1760. The largest absolute Gasteiger partial charge is 0.269 e. The molecule has 0 radical (unpaired) electrons. The summed E-state index contributed by atoms with van der Waals surface area (Å²) < 4.78 is 17.5. The molecule has 0 aliphatic carbocycles. The zero-order valence-electron chi connectivity index (χ0n) is 18.8. The summed E-state index contributed by atoms with van der Waals surface area (Å²) in [6.07, 6.45) is 1.69. The van der Waals surface area contributed by atoms with Gasteiger partial charge in [-0.25, -0.2) is 14.1 Å². The van der Waals surface area contributed by atoms with Crippen molar-refractivity contribution < 1.29 is 4.39 Å². The normalized spacial score (nSPS) is 11.2. The Kier molecular flexibility index (Phi) is 5.43. The summed E-state index contributed by atoms with van der Waals surface area (Å²) in [5.41, 5.74) is 3.46. The van der Waals surface area contributed by atoms with Crippen LogP contribution in [0.25, 0.3) is 44.9 Å². The Morgan fingerprint density at radius 3 is 2.11 bits per heavy atom. The maximum Gasteiger partial charge on any atom is 0.269 e. The zero-order valence-corrected chi connectivity index (χ0v) is 19.6. The highest BCUT2D eigenvalue weighted by molar-refractivity contribution is 6.30. The highest BCUT2D eigenvalue weighted by Gasteiger charge is 2.18. The van der Waals surface area contributed by atoms with Gasteiger partial charge >= 0.3 is 0 Å². The van der Waals surface area contributed by atoms with Crippen LogP contribution in [0.5, 0.6) is 0 Å². The predicted molar refractivity (Wildman–Crippen MR) is 140 cm³/mol. The fourth-order valence-electron chi connectivity index (χ4n) is 4.20. The number of nitrogens with zero attached hydrogens (tertiary/aromatic N) is 4. The minimum atomic E-state index is -0.297. The van der Waals surface area contributed by atoms with Crippen molar-refractivity contribution in [1.29, 1.82) is 0 Å². The predicted octanol–water partition coefficient (Wildman–Crippen LogP) is 6.70. The zero-order chi connectivity index (χ0) is 24.6. The summed E-state index contributed by atoms with van der Waals surface area (Å²) in [7, 11) is 0. The third kappa shape index (κ3) is 3.87. The van der Waals surface area contributed by atoms with E-state index in [1.54, 1.807) is 57.9 Å². The minimum absolute atomic E-state index is 0.252. The molecule has 2 heterocycles. The SMILES string of the molecule is O=c1c2cn(-c3ccccc3)nc2nc(-c2ccc(-c3ccccc3F)cc2)n1-c1ccc(Cl)cc1. The molecule has 0 atom stereocenters. The first kappa shape index (κ1) is 21.9. The second kappa shape index (κ2) is 8.91. The number of hydrogen-bond acceptors (Lipinski definition) is 3. The first-order valence-electron chi connectivity index (χ1n) is 11.3. The van der Waals surface area contributed by atoms with E-state index < -0.39 is 0 Å². The maximum atomic E-state index is 14.3. The number of aromatic nitrogens is 4. The quantitative estimate of drug-likeness (QED) is 0.275. The van der Waals surface area contributed by atoms with Gasteiger partial charge in [-0.3, -0.25) is 9.36 Å². The van der Waals surface area contributed by atoms with Gasteiger partial charge in [0.15, 0.2) is 5.65 Å². The van der Waals surface area contributed by atoms with Gasteiger partial charge in [-0.2, -0.15) is 0 Å². The van der Waals surface area contributed by atoms with Crippen molar-refractivity contribution in [1.82, 2.24) is 19.3 Å². The summed E-state index contributed by atoms with van der Waals surface area (Å²) in [6, 6.07) is 30.5. The van der Waals surface area contributed by atoms with Crippen LogP contribution in [0.15, 0.2) is 114 Å². The van der Waals surface area contributed by atoms with Gasteiger partial charge in [0.1, 0.15) is 17.0 Å². The fraction of sp³-hybridized carbons (Fsp3) is 0. The van der Waals surface area contributed by atoms with E-state index in [9.17, 15) is 9.18 Å². The smallest absolute Gasteiger partial charge is 0.268 e. The van der Waals surface area contributed by atoms with E-state index in [0.29, 0.717) is 38.7 Å². The van der Waals surface area contributed by atoms with Crippen LogP contribution in [0.4, 0.5) is 4.39 Å². The second-order valence-corrected chi connectivity index (χ2v) is 8.69. The Balaban J connectivity index is 1.56. The van der Waals surface area contributed by atoms with Gasteiger partial charge in [0.25, 0.3) is 5.56 Å². The third-order valence-corrected chi connectivity index (χ3v) is 6.24. The third-order valence-electron chi connectivity index (χ3n) is 5.99. The minimum Gasteiger partial charge on any atom is -0.268 e. The second-order valence-electron chi connectivity index (χ2n) is 8.26. The van der Waals surface area contributed by atoms with Crippen LogP contribution in [0.3, 0.4) is 0 Å². The van der Waals surface area contributed by atoms with E-state index in [0.717, 1.165) is 11.3 Å². The lowest BCUT2D eigenvalue weighted by molar-refractivity contribution is 0.631. The van der Waals surface area contributed by atoms with Crippen molar-refractivity contribution in [3.63, 3.8) is 0 Å². The molecule has 0 aliphatic rings. The monoisotopic (exact) mass is 492 g/mol. The van der Waals surface area contributed by atoms with E-state index in [1.807, 2.05) is 54.6 Å². The van der Waals surface area contributed by atoms with Gasteiger partial charge in [-0.1, -0.05) is 72.3 Å². The van der Waals surface area contributed by atoms with Crippen molar-refractivity contribution in [2.45, 2.75) is 0 Å². The van der Waals surface area contributed by atoms with Crippen molar-refractivity contribution in [2.75, 3.05) is 0 Å². The van der Waals surface area contributed by atoms with E-state index in [1.165, 1.54) is 6.07 Å². The number of benzene rings is 4. The molecule has 7 heteroatoms. The van der Waals surface area contributed by atoms with Gasteiger partial charge < -0.3 is 0 Å². The van der Waals surface area contributed by atoms with Crippen LogP contribution < -0.4 is 5.56 Å². The molecule has 6 aromatic rings. The van der Waals surface area contributed by atoms with Crippen LogP contribution in [0.2, 0.25) is 5.02 Å². The molecular weight excluding hydrogens is 475 g/mol. The van der Waals surface area contributed by atoms with E-state index in [-0.39, 0.29) is 11.4 Å². The number of rotatable bonds is 4. The molecule has 2 aromatic heterocycles. The number of hydrogen-bond donors (Lipinski definition) is 0. The lowest BCUT2D eigenvalue weighted by Gasteiger charge is -2.13. The number of fused-ring (bicyclic) bond motifs is 1. The Morgan fingerprint density at radius 1 is 0.722 bits per heavy atom.